The molecule has 1 heteroatoms. The first-order valence-corrected chi connectivity index (χ1v) is 4.80. The monoisotopic (exact) mass is 183 g/mol. The van der Waals surface area contributed by atoms with E-state index in [1.54, 1.807) is 0 Å². The summed E-state index contributed by atoms with van der Waals surface area (Å²) in [5, 5.41) is 5.57. The molecular formula is C13H13N. The van der Waals surface area contributed by atoms with Gasteiger partial charge in [-0.05, 0) is 43.1 Å². The van der Waals surface area contributed by atoms with E-state index in [1.165, 1.54) is 10.9 Å². The summed E-state index contributed by atoms with van der Waals surface area (Å²) in [6.07, 6.45) is 0. The quantitative estimate of drug-likeness (QED) is 0.754. The molecule has 0 saturated carbocycles. The molecule has 0 bridgehead atoms. The number of nitrogens with one attached hydrogen (secondary N) is 1. The van der Waals surface area contributed by atoms with Gasteiger partial charge in [0.25, 0.3) is 0 Å². The van der Waals surface area contributed by atoms with Crippen LogP contribution in [0.15, 0.2) is 30.3 Å². The van der Waals surface area contributed by atoms with Crippen molar-refractivity contribution in [2.24, 2.45) is 0 Å². The Morgan fingerprint density at radius 2 is 2.14 bits per heavy atom. The third kappa shape index (κ3) is 1.57. The van der Waals surface area contributed by atoms with Gasteiger partial charge in [0.15, 0.2) is 0 Å². The molecule has 0 fully saturated rings. The molecule has 0 saturated heterocycles. The highest BCUT2D eigenvalue weighted by molar-refractivity contribution is 5.81. The summed E-state index contributed by atoms with van der Waals surface area (Å²) in [5.41, 5.74) is 1.29. The van der Waals surface area contributed by atoms with E-state index in [4.69, 9.17) is 0 Å². The van der Waals surface area contributed by atoms with E-state index < -0.39 is 0 Å². The minimum atomic E-state index is 0.382. The fourth-order valence-electron chi connectivity index (χ4n) is 1.51. The van der Waals surface area contributed by atoms with E-state index in [-0.39, 0.29) is 0 Å². The SMILES string of the molecule is CNC(C)c1ccc2ccc#cc2c1. The highest BCUT2D eigenvalue weighted by Crippen LogP contribution is 2.18. The number of fused-ring (bicyclic) bond motifs is 1. The molecule has 0 spiro atoms. The van der Waals surface area contributed by atoms with Crippen LogP contribution in [0.1, 0.15) is 18.5 Å². The van der Waals surface area contributed by atoms with Crippen LogP contribution in [0.3, 0.4) is 0 Å². The Labute approximate surface area is 84.8 Å². The highest BCUT2D eigenvalue weighted by atomic mass is 14.8. The van der Waals surface area contributed by atoms with E-state index in [9.17, 15) is 0 Å². The Kier molecular flexibility index (Phi) is 2.39. The van der Waals surface area contributed by atoms with Crippen molar-refractivity contribution in [1.82, 2.24) is 5.32 Å². The van der Waals surface area contributed by atoms with Gasteiger partial charge in [-0.1, -0.05) is 24.3 Å². The predicted octanol–water partition coefficient (Wildman–Crippen LogP) is 2.72. The molecule has 0 amide bonds. The molecule has 0 aliphatic carbocycles. The van der Waals surface area contributed by atoms with Gasteiger partial charge in [-0.2, -0.15) is 0 Å². The molecule has 1 N–H and O–H groups in total. The minimum Gasteiger partial charge on any atom is -0.313 e. The molecule has 0 aliphatic rings. The van der Waals surface area contributed by atoms with Crippen LogP contribution in [0.4, 0.5) is 0 Å². The number of hydrogen-bond donors (Lipinski definition) is 1. The van der Waals surface area contributed by atoms with E-state index in [0.717, 1.165) is 5.39 Å². The van der Waals surface area contributed by atoms with Crippen LogP contribution in [0.2, 0.25) is 0 Å². The van der Waals surface area contributed by atoms with Crippen molar-refractivity contribution < 1.29 is 0 Å². The maximum Gasteiger partial charge on any atom is 0.0324 e. The summed E-state index contributed by atoms with van der Waals surface area (Å²) in [5.74, 6) is 0. The van der Waals surface area contributed by atoms with Gasteiger partial charge in [-0.25, -0.2) is 0 Å². The van der Waals surface area contributed by atoms with Crippen LogP contribution in [0.25, 0.3) is 10.8 Å². The van der Waals surface area contributed by atoms with E-state index in [1.807, 2.05) is 13.1 Å². The molecular weight excluding hydrogens is 170 g/mol. The molecule has 70 valence electrons. The van der Waals surface area contributed by atoms with Crippen molar-refractivity contribution in [3.05, 3.63) is 48.0 Å². The topological polar surface area (TPSA) is 12.0 Å². The normalized spacial score (nSPS) is 12.4. The number of rotatable bonds is 2. The summed E-state index contributed by atoms with van der Waals surface area (Å²) in [6.45, 7) is 2.15. The second kappa shape index (κ2) is 3.69. The Morgan fingerprint density at radius 3 is 2.93 bits per heavy atom. The minimum absolute atomic E-state index is 0.382. The van der Waals surface area contributed by atoms with Gasteiger partial charge in [-0.15, -0.1) is 0 Å². The first-order chi connectivity index (χ1) is 6.81. The molecule has 0 aromatic heterocycles. The zero-order valence-corrected chi connectivity index (χ0v) is 8.46. The average molecular weight is 183 g/mol. The maximum atomic E-state index is 3.22. The van der Waals surface area contributed by atoms with Crippen LogP contribution >= 0.6 is 0 Å². The zero-order valence-electron chi connectivity index (χ0n) is 8.46. The fourth-order valence-corrected chi connectivity index (χ4v) is 1.51. The molecule has 1 nitrogen and oxygen atoms in total. The molecule has 2 aromatic carbocycles. The van der Waals surface area contributed by atoms with Crippen molar-refractivity contribution in [2.75, 3.05) is 7.05 Å². The van der Waals surface area contributed by atoms with Gasteiger partial charge in [-0.3, -0.25) is 0 Å². The maximum absolute atomic E-state index is 3.22. The lowest BCUT2D eigenvalue weighted by molar-refractivity contribution is 0.653. The lowest BCUT2D eigenvalue weighted by atomic mass is 10.0. The Balaban J connectivity index is 2.51. The second-order valence-corrected chi connectivity index (χ2v) is 3.46. The summed E-state index contributed by atoms with van der Waals surface area (Å²) >= 11 is 0. The third-order valence-corrected chi connectivity index (χ3v) is 2.56. The van der Waals surface area contributed by atoms with Crippen LogP contribution in [0.5, 0.6) is 0 Å². The predicted molar refractivity (Wildman–Crippen MR) is 59.1 cm³/mol. The summed E-state index contributed by atoms with van der Waals surface area (Å²) < 4.78 is 0. The van der Waals surface area contributed by atoms with Crippen molar-refractivity contribution >= 4 is 10.8 Å². The Hall–Kier alpha value is -1.52. The molecule has 1 unspecified atom stereocenters. The van der Waals surface area contributed by atoms with Crippen LogP contribution in [-0.2, 0) is 0 Å². The lowest BCUT2D eigenvalue weighted by Crippen LogP contribution is -2.11. The van der Waals surface area contributed by atoms with Gasteiger partial charge in [0, 0.05) is 11.4 Å². The molecule has 2 rings (SSSR count). The lowest BCUT2D eigenvalue weighted by Gasteiger charge is -2.10. The van der Waals surface area contributed by atoms with Crippen molar-refractivity contribution in [2.45, 2.75) is 13.0 Å². The zero-order chi connectivity index (χ0) is 9.97. The van der Waals surface area contributed by atoms with Gasteiger partial charge < -0.3 is 5.32 Å². The average Bonchev–Trinajstić information content (AvgIpc) is 2.27. The second-order valence-electron chi connectivity index (χ2n) is 3.46. The van der Waals surface area contributed by atoms with Gasteiger partial charge in [0.1, 0.15) is 0 Å². The summed E-state index contributed by atoms with van der Waals surface area (Å²) in [7, 11) is 1.97. The first kappa shape index (κ1) is 9.05. The molecule has 1 atom stereocenters. The van der Waals surface area contributed by atoms with Crippen molar-refractivity contribution in [3.8, 4) is 0 Å². The first-order valence-electron chi connectivity index (χ1n) is 4.80. The molecule has 0 heterocycles. The largest absolute Gasteiger partial charge is 0.313 e. The van der Waals surface area contributed by atoms with Gasteiger partial charge in [0.2, 0.25) is 0 Å². The van der Waals surface area contributed by atoms with Crippen LogP contribution in [-0.4, -0.2) is 7.05 Å². The standard InChI is InChI=1S/C13H13N/c1-10(14-2)12-8-7-11-5-3-4-6-13(11)9-12/h3,5,7-10,14H,1-2H3. The van der Waals surface area contributed by atoms with E-state index in [0.29, 0.717) is 6.04 Å². The van der Waals surface area contributed by atoms with Crippen LogP contribution < -0.4 is 5.32 Å². The molecule has 2 aromatic rings. The van der Waals surface area contributed by atoms with Gasteiger partial charge in [0.05, 0.1) is 0 Å². The molecule has 0 radical (unpaired) electrons. The highest BCUT2D eigenvalue weighted by Gasteiger charge is 2.02. The number of hydrogen-bond acceptors (Lipinski definition) is 1. The Bertz CT molecular complexity index is 434. The summed E-state index contributed by atoms with van der Waals surface area (Å²) in [4.78, 5) is 0. The van der Waals surface area contributed by atoms with E-state index >= 15 is 0 Å². The van der Waals surface area contributed by atoms with Gasteiger partial charge >= 0.3 is 0 Å². The number of benzene rings is 1. The summed E-state index contributed by atoms with van der Waals surface area (Å²) in [6, 6.07) is 16.9. The smallest absolute Gasteiger partial charge is 0.0324 e. The van der Waals surface area contributed by atoms with Crippen molar-refractivity contribution in [1.29, 1.82) is 0 Å². The fraction of sp³-hybridized carbons (Fsp3) is 0.231. The van der Waals surface area contributed by atoms with Crippen LogP contribution in [0, 0.1) is 12.1 Å². The third-order valence-electron chi connectivity index (χ3n) is 2.56. The molecule has 14 heavy (non-hydrogen) atoms. The van der Waals surface area contributed by atoms with E-state index in [2.05, 4.69) is 48.6 Å². The van der Waals surface area contributed by atoms with Crippen molar-refractivity contribution in [3.63, 3.8) is 0 Å². The molecule has 0 aliphatic heterocycles. The Morgan fingerprint density at radius 1 is 1.29 bits per heavy atom.